The first kappa shape index (κ1) is 18.9. The minimum absolute atomic E-state index is 0.345. The van der Waals surface area contributed by atoms with E-state index in [0.29, 0.717) is 12.1 Å². The van der Waals surface area contributed by atoms with Gasteiger partial charge in [0.05, 0.1) is 5.39 Å². The topological polar surface area (TPSA) is 55.2 Å². The van der Waals surface area contributed by atoms with Gasteiger partial charge in [-0.25, -0.2) is 9.97 Å². The van der Waals surface area contributed by atoms with E-state index < -0.39 is 8.07 Å². The smallest absolute Gasteiger partial charge is 0.147 e. The average Bonchev–Trinajstić information content (AvgIpc) is 3.20. The van der Waals surface area contributed by atoms with E-state index in [2.05, 4.69) is 63.6 Å². The Morgan fingerprint density at radius 2 is 2.19 bits per heavy atom. The molecule has 0 radical (unpaired) electrons. The van der Waals surface area contributed by atoms with Crippen molar-refractivity contribution in [2.75, 3.05) is 37.7 Å². The van der Waals surface area contributed by atoms with Gasteiger partial charge < -0.3 is 19.5 Å². The lowest BCUT2D eigenvalue weighted by atomic mass is 9.75. The van der Waals surface area contributed by atoms with Crippen molar-refractivity contribution in [1.82, 2.24) is 19.9 Å². The van der Waals surface area contributed by atoms with Crippen molar-refractivity contribution in [3.8, 4) is 0 Å². The first-order valence-electron chi connectivity index (χ1n) is 10.2. The normalized spacial score (nSPS) is 25.9. The molecule has 2 aliphatic rings. The van der Waals surface area contributed by atoms with Gasteiger partial charge in [-0.1, -0.05) is 26.6 Å². The van der Waals surface area contributed by atoms with Gasteiger partial charge in [0.1, 0.15) is 24.5 Å². The summed E-state index contributed by atoms with van der Waals surface area (Å²) in [6.07, 6.45) is 5.02. The van der Waals surface area contributed by atoms with Crippen LogP contribution >= 0.6 is 0 Å². The lowest BCUT2D eigenvalue weighted by Gasteiger charge is -2.42. The van der Waals surface area contributed by atoms with E-state index in [-0.39, 0.29) is 0 Å². The molecule has 2 aromatic heterocycles. The van der Waals surface area contributed by atoms with Crippen LogP contribution in [-0.2, 0) is 11.5 Å². The highest BCUT2D eigenvalue weighted by atomic mass is 28.3. The molecule has 148 valence electrons. The Balaban J connectivity index is 1.49. The van der Waals surface area contributed by atoms with Crippen LogP contribution in [0.4, 0.5) is 5.82 Å². The maximum Gasteiger partial charge on any atom is 0.147 e. The SMILES string of the molecule is CC12CNCC1CCN(c1ncnc3c1ccn3COCC[Si](C)(C)C)C2. The van der Waals surface area contributed by atoms with Gasteiger partial charge in [0.2, 0.25) is 0 Å². The number of nitrogens with zero attached hydrogens (tertiary/aromatic N) is 4. The molecule has 27 heavy (non-hydrogen) atoms. The van der Waals surface area contributed by atoms with Crippen LogP contribution in [0.15, 0.2) is 18.6 Å². The molecule has 2 saturated heterocycles. The molecule has 0 aliphatic carbocycles. The Labute approximate surface area is 163 Å². The zero-order valence-corrected chi connectivity index (χ0v) is 18.2. The summed E-state index contributed by atoms with van der Waals surface area (Å²) in [7, 11) is -1.05. The van der Waals surface area contributed by atoms with Gasteiger partial charge in [0.15, 0.2) is 0 Å². The van der Waals surface area contributed by atoms with Crippen molar-refractivity contribution in [1.29, 1.82) is 0 Å². The Hall–Kier alpha value is -1.44. The van der Waals surface area contributed by atoms with Gasteiger partial charge in [-0.3, -0.25) is 0 Å². The van der Waals surface area contributed by atoms with E-state index in [1.165, 1.54) is 12.5 Å². The standard InChI is InChI=1S/C20H33N5OSi/c1-20-12-21-11-16(20)5-7-24(13-20)18-17-6-8-25(19(17)23-14-22-18)15-26-9-10-27(2,3)4/h6,8,14,16,21H,5,7,9-13,15H2,1-4H3. The molecule has 0 aromatic carbocycles. The second kappa shape index (κ2) is 7.18. The first-order valence-corrected chi connectivity index (χ1v) is 13.9. The number of piperidine rings is 1. The number of anilines is 1. The fourth-order valence-corrected chi connectivity index (χ4v) is 5.21. The molecule has 2 aliphatic heterocycles. The maximum absolute atomic E-state index is 5.94. The Kier molecular flexibility index (Phi) is 5.03. The summed E-state index contributed by atoms with van der Waals surface area (Å²) in [6.45, 7) is 15.4. The Morgan fingerprint density at radius 3 is 3.00 bits per heavy atom. The molecule has 4 rings (SSSR count). The molecule has 0 amide bonds. The molecule has 0 saturated carbocycles. The van der Waals surface area contributed by atoms with Crippen LogP contribution in [-0.4, -0.2) is 55.4 Å². The number of aromatic nitrogens is 3. The molecule has 0 bridgehead atoms. The van der Waals surface area contributed by atoms with Crippen LogP contribution in [0.5, 0.6) is 0 Å². The second-order valence-corrected chi connectivity index (χ2v) is 15.4. The van der Waals surface area contributed by atoms with Crippen LogP contribution in [0.2, 0.25) is 25.7 Å². The van der Waals surface area contributed by atoms with E-state index in [0.717, 1.165) is 55.6 Å². The molecule has 4 heterocycles. The van der Waals surface area contributed by atoms with Crippen LogP contribution in [0.3, 0.4) is 0 Å². The number of ether oxygens (including phenoxy) is 1. The van der Waals surface area contributed by atoms with E-state index in [4.69, 9.17) is 4.74 Å². The first-order chi connectivity index (χ1) is 12.9. The van der Waals surface area contributed by atoms with Crippen molar-refractivity contribution >= 4 is 24.9 Å². The Bertz CT molecular complexity index is 801. The van der Waals surface area contributed by atoms with Crippen LogP contribution in [0.1, 0.15) is 13.3 Å². The van der Waals surface area contributed by atoms with Crippen molar-refractivity contribution in [2.45, 2.75) is 45.8 Å². The van der Waals surface area contributed by atoms with E-state index in [1.54, 1.807) is 6.33 Å². The van der Waals surface area contributed by atoms with Crippen molar-refractivity contribution in [3.63, 3.8) is 0 Å². The second-order valence-electron chi connectivity index (χ2n) is 9.76. The van der Waals surface area contributed by atoms with Crippen molar-refractivity contribution in [3.05, 3.63) is 18.6 Å². The third-order valence-electron chi connectivity index (χ3n) is 6.27. The lowest BCUT2D eigenvalue weighted by molar-refractivity contribution is 0.0899. The van der Waals surface area contributed by atoms with E-state index >= 15 is 0 Å². The lowest BCUT2D eigenvalue weighted by Crippen LogP contribution is -2.47. The molecule has 7 heteroatoms. The summed E-state index contributed by atoms with van der Waals surface area (Å²) in [5.41, 5.74) is 1.32. The maximum atomic E-state index is 5.94. The third kappa shape index (κ3) is 3.91. The molecule has 1 N–H and O–H groups in total. The van der Waals surface area contributed by atoms with Crippen molar-refractivity contribution in [2.24, 2.45) is 11.3 Å². The van der Waals surface area contributed by atoms with Gasteiger partial charge >= 0.3 is 0 Å². The van der Waals surface area contributed by atoms with E-state index in [9.17, 15) is 0 Å². The third-order valence-corrected chi connectivity index (χ3v) is 7.97. The number of nitrogens with one attached hydrogen (secondary N) is 1. The molecule has 2 atom stereocenters. The fraction of sp³-hybridized carbons (Fsp3) is 0.700. The molecule has 0 spiro atoms. The largest absolute Gasteiger partial charge is 0.361 e. The van der Waals surface area contributed by atoms with Crippen molar-refractivity contribution < 1.29 is 4.74 Å². The van der Waals surface area contributed by atoms with Crippen LogP contribution in [0.25, 0.3) is 11.0 Å². The number of rotatable bonds is 6. The highest BCUT2D eigenvalue weighted by Crippen LogP contribution is 2.40. The summed E-state index contributed by atoms with van der Waals surface area (Å²) in [4.78, 5) is 11.7. The highest BCUT2D eigenvalue weighted by Gasteiger charge is 2.43. The number of hydrogen-bond acceptors (Lipinski definition) is 5. The quantitative estimate of drug-likeness (QED) is 0.609. The van der Waals surface area contributed by atoms with Gasteiger partial charge in [0.25, 0.3) is 0 Å². The number of fused-ring (bicyclic) bond motifs is 2. The van der Waals surface area contributed by atoms with Gasteiger partial charge in [-0.05, 0) is 31.0 Å². The zero-order valence-electron chi connectivity index (χ0n) is 17.2. The van der Waals surface area contributed by atoms with Crippen LogP contribution < -0.4 is 10.2 Å². The minimum Gasteiger partial charge on any atom is -0.361 e. The molecule has 2 fully saturated rings. The van der Waals surface area contributed by atoms with Gasteiger partial charge in [0, 0.05) is 45.9 Å². The molecular weight excluding hydrogens is 354 g/mol. The summed E-state index contributed by atoms with van der Waals surface area (Å²) in [5, 5.41) is 4.72. The molecule has 2 unspecified atom stereocenters. The molecule has 2 aromatic rings. The monoisotopic (exact) mass is 387 g/mol. The average molecular weight is 388 g/mol. The minimum atomic E-state index is -1.05. The van der Waals surface area contributed by atoms with Gasteiger partial charge in [-0.15, -0.1) is 0 Å². The van der Waals surface area contributed by atoms with Gasteiger partial charge in [-0.2, -0.15) is 0 Å². The van der Waals surface area contributed by atoms with Crippen LogP contribution in [0, 0.1) is 11.3 Å². The number of hydrogen-bond donors (Lipinski definition) is 1. The summed E-state index contributed by atoms with van der Waals surface area (Å²) < 4.78 is 8.04. The summed E-state index contributed by atoms with van der Waals surface area (Å²) in [6, 6.07) is 3.34. The van der Waals surface area contributed by atoms with E-state index in [1.807, 2.05) is 0 Å². The zero-order chi connectivity index (χ0) is 19.1. The predicted molar refractivity (Wildman–Crippen MR) is 113 cm³/mol. The molecular formula is C20H33N5OSi. The summed E-state index contributed by atoms with van der Waals surface area (Å²) >= 11 is 0. The highest BCUT2D eigenvalue weighted by molar-refractivity contribution is 6.76. The predicted octanol–water partition coefficient (Wildman–Crippen LogP) is 3.18. The Morgan fingerprint density at radius 1 is 1.33 bits per heavy atom. The fourth-order valence-electron chi connectivity index (χ4n) is 4.45. The summed E-state index contributed by atoms with van der Waals surface area (Å²) in [5.74, 6) is 1.86. The molecule has 6 nitrogen and oxygen atoms in total.